The highest BCUT2D eigenvalue weighted by Gasteiger charge is 2.38. The molecule has 7 nitrogen and oxygen atoms in total. The van der Waals surface area contributed by atoms with Crippen molar-refractivity contribution in [2.75, 3.05) is 7.11 Å². The Morgan fingerprint density at radius 1 is 1.16 bits per heavy atom. The number of hydrogen-bond donors (Lipinski definition) is 2. The van der Waals surface area contributed by atoms with Gasteiger partial charge in [0, 0.05) is 6.42 Å². The van der Waals surface area contributed by atoms with Gasteiger partial charge in [-0.05, 0) is 54.5 Å². The standard InChI is InChI=1S/C24H27N3O4/c1-31-18-11-9-16(10-12-18)15-27-23(29)21(26-24(27)30)13-14-22(28)25-20-8-4-6-17-5-2-3-7-19(17)20/h2-3,5,7,9-12,20-21H,4,6,8,13-15H2,1H3,(H,25,28)(H,26,30)/t20-,21-/m0/s1. The van der Waals surface area contributed by atoms with Crippen LogP contribution in [0.15, 0.2) is 48.5 Å². The monoisotopic (exact) mass is 421 g/mol. The topological polar surface area (TPSA) is 87.7 Å². The van der Waals surface area contributed by atoms with E-state index in [2.05, 4.69) is 22.8 Å². The molecule has 1 fully saturated rings. The lowest BCUT2D eigenvalue weighted by atomic mass is 9.87. The van der Waals surface area contributed by atoms with Gasteiger partial charge in [0.25, 0.3) is 5.91 Å². The number of hydrogen-bond acceptors (Lipinski definition) is 4. The van der Waals surface area contributed by atoms with Crippen molar-refractivity contribution in [1.29, 1.82) is 0 Å². The lowest BCUT2D eigenvalue weighted by molar-refractivity contribution is -0.128. The third-order valence-electron chi connectivity index (χ3n) is 5.97. The number of rotatable bonds is 7. The number of imide groups is 1. The maximum absolute atomic E-state index is 12.7. The summed E-state index contributed by atoms with van der Waals surface area (Å²) in [6.07, 6.45) is 3.46. The highest BCUT2D eigenvalue weighted by molar-refractivity contribution is 6.04. The molecule has 31 heavy (non-hydrogen) atoms. The van der Waals surface area contributed by atoms with E-state index in [1.54, 1.807) is 19.2 Å². The quantitative estimate of drug-likeness (QED) is 0.673. The third-order valence-corrected chi connectivity index (χ3v) is 5.97. The number of benzene rings is 2. The summed E-state index contributed by atoms with van der Waals surface area (Å²) >= 11 is 0. The summed E-state index contributed by atoms with van der Waals surface area (Å²) in [6, 6.07) is 14.3. The van der Waals surface area contributed by atoms with Crippen molar-refractivity contribution in [1.82, 2.24) is 15.5 Å². The van der Waals surface area contributed by atoms with E-state index in [0.717, 1.165) is 24.8 Å². The highest BCUT2D eigenvalue weighted by atomic mass is 16.5. The summed E-state index contributed by atoms with van der Waals surface area (Å²) in [7, 11) is 1.58. The minimum absolute atomic E-state index is 0.0119. The summed E-state index contributed by atoms with van der Waals surface area (Å²) in [5.41, 5.74) is 3.29. The molecule has 1 heterocycles. The fourth-order valence-corrected chi connectivity index (χ4v) is 4.28. The molecule has 2 aromatic rings. The molecule has 2 aliphatic rings. The fraction of sp³-hybridized carbons (Fsp3) is 0.375. The van der Waals surface area contributed by atoms with E-state index >= 15 is 0 Å². The van der Waals surface area contributed by atoms with Crippen molar-refractivity contribution in [2.45, 2.75) is 50.7 Å². The molecule has 2 N–H and O–H groups in total. The second-order valence-electron chi connectivity index (χ2n) is 8.02. The first kappa shape index (κ1) is 20.9. The van der Waals surface area contributed by atoms with Crippen LogP contribution < -0.4 is 15.4 Å². The Kier molecular flexibility index (Phi) is 6.21. The second kappa shape index (κ2) is 9.20. The van der Waals surface area contributed by atoms with Crippen LogP contribution in [0.3, 0.4) is 0 Å². The molecule has 0 radical (unpaired) electrons. The fourth-order valence-electron chi connectivity index (χ4n) is 4.28. The Morgan fingerprint density at radius 3 is 2.71 bits per heavy atom. The van der Waals surface area contributed by atoms with Crippen LogP contribution in [0.1, 0.15) is 48.4 Å². The molecule has 162 valence electrons. The van der Waals surface area contributed by atoms with Crippen molar-refractivity contribution in [2.24, 2.45) is 0 Å². The molecule has 2 aromatic carbocycles. The predicted octanol–water partition coefficient (Wildman–Crippen LogP) is 3.09. The number of ether oxygens (including phenoxy) is 1. The summed E-state index contributed by atoms with van der Waals surface area (Å²) in [5, 5.41) is 5.80. The molecule has 2 atom stereocenters. The van der Waals surface area contributed by atoms with Crippen molar-refractivity contribution in [3.05, 3.63) is 65.2 Å². The highest BCUT2D eigenvalue weighted by Crippen LogP contribution is 2.29. The smallest absolute Gasteiger partial charge is 0.325 e. The number of aryl methyl sites for hydroxylation is 1. The predicted molar refractivity (Wildman–Crippen MR) is 115 cm³/mol. The van der Waals surface area contributed by atoms with Gasteiger partial charge in [-0.2, -0.15) is 0 Å². The number of nitrogens with zero attached hydrogens (tertiary/aromatic N) is 1. The molecule has 1 aliphatic carbocycles. The Bertz CT molecular complexity index is 973. The Morgan fingerprint density at radius 2 is 1.94 bits per heavy atom. The SMILES string of the molecule is COc1ccc(CN2C(=O)N[C@@H](CCC(=O)N[C@H]3CCCc4ccccc43)C2=O)cc1. The molecule has 0 saturated carbocycles. The minimum Gasteiger partial charge on any atom is -0.497 e. The first-order valence-corrected chi connectivity index (χ1v) is 10.7. The zero-order chi connectivity index (χ0) is 21.8. The van der Waals surface area contributed by atoms with E-state index in [-0.39, 0.29) is 37.2 Å². The van der Waals surface area contributed by atoms with Crippen molar-refractivity contribution < 1.29 is 19.1 Å². The van der Waals surface area contributed by atoms with E-state index in [4.69, 9.17) is 4.74 Å². The first-order chi connectivity index (χ1) is 15.0. The molecular formula is C24H27N3O4. The van der Waals surface area contributed by atoms with Gasteiger partial charge in [-0.1, -0.05) is 36.4 Å². The van der Waals surface area contributed by atoms with E-state index in [1.807, 2.05) is 24.3 Å². The van der Waals surface area contributed by atoms with Gasteiger partial charge >= 0.3 is 6.03 Å². The molecule has 1 saturated heterocycles. The number of fused-ring (bicyclic) bond motifs is 1. The Hall–Kier alpha value is -3.35. The molecular weight excluding hydrogens is 394 g/mol. The number of carbonyl (C=O) groups excluding carboxylic acids is 3. The average Bonchev–Trinajstić information content (AvgIpc) is 3.06. The van der Waals surface area contributed by atoms with Crippen LogP contribution in [0, 0.1) is 0 Å². The summed E-state index contributed by atoms with van der Waals surface area (Å²) < 4.78 is 5.13. The Balaban J connectivity index is 1.30. The van der Waals surface area contributed by atoms with Gasteiger partial charge in [0.15, 0.2) is 0 Å². The molecule has 4 rings (SSSR count). The summed E-state index contributed by atoms with van der Waals surface area (Å²) in [5.74, 6) is 0.319. The van der Waals surface area contributed by atoms with Crippen LogP contribution in [-0.4, -0.2) is 35.9 Å². The maximum atomic E-state index is 12.7. The molecule has 0 unspecified atom stereocenters. The van der Waals surface area contributed by atoms with Crippen LogP contribution in [-0.2, 0) is 22.6 Å². The van der Waals surface area contributed by atoms with Crippen LogP contribution >= 0.6 is 0 Å². The van der Waals surface area contributed by atoms with E-state index in [9.17, 15) is 14.4 Å². The molecule has 0 bridgehead atoms. The molecule has 4 amide bonds. The van der Waals surface area contributed by atoms with Gasteiger partial charge in [0.05, 0.1) is 19.7 Å². The van der Waals surface area contributed by atoms with E-state index in [1.165, 1.54) is 16.0 Å². The number of amides is 4. The number of carbonyl (C=O) groups is 3. The molecule has 1 aliphatic heterocycles. The van der Waals surface area contributed by atoms with Gasteiger partial charge < -0.3 is 15.4 Å². The maximum Gasteiger partial charge on any atom is 0.325 e. The first-order valence-electron chi connectivity index (χ1n) is 10.7. The van der Waals surface area contributed by atoms with Gasteiger partial charge in [-0.25, -0.2) is 4.79 Å². The minimum atomic E-state index is -0.671. The molecule has 0 spiro atoms. The zero-order valence-electron chi connectivity index (χ0n) is 17.6. The van der Waals surface area contributed by atoms with Crippen molar-refractivity contribution in [3.63, 3.8) is 0 Å². The average molecular weight is 421 g/mol. The lowest BCUT2D eigenvalue weighted by Crippen LogP contribution is -2.34. The number of methoxy groups -OCH3 is 1. The summed E-state index contributed by atoms with van der Waals surface area (Å²) in [4.78, 5) is 38.7. The van der Waals surface area contributed by atoms with E-state index < -0.39 is 12.1 Å². The normalized spacial score (nSPS) is 20.2. The van der Waals surface area contributed by atoms with E-state index in [0.29, 0.717) is 5.75 Å². The van der Waals surface area contributed by atoms with Crippen molar-refractivity contribution >= 4 is 17.8 Å². The van der Waals surface area contributed by atoms with Crippen LogP contribution in [0.25, 0.3) is 0 Å². The third kappa shape index (κ3) is 4.71. The molecule has 7 heteroatoms. The second-order valence-corrected chi connectivity index (χ2v) is 8.02. The van der Waals surface area contributed by atoms with Crippen molar-refractivity contribution in [3.8, 4) is 5.75 Å². The molecule has 0 aromatic heterocycles. The van der Waals surface area contributed by atoms with Gasteiger partial charge in [0.2, 0.25) is 5.91 Å². The summed E-state index contributed by atoms with van der Waals surface area (Å²) in [6.45, 7) is 0.191. The van der Waals surface area contributed by atoms with Crippen LogP contribution in [0.4, 0.5) is 4.79 Å². The number of urea groups is 1. The Labute approximate surface area is 181 Å². The van der Waals surface area contributed by atoms with Crippen LogP contribution in [0.5, 0.6) is 5.75 Å². The zero-order valence-corrected chi connectivity index (χ0v) is 17.6. The van der Waals surface area contributed by atoms with Crippen LogP contribution in [0.2, 0.25) is 0 Å². The number of nitrogens with one attached hydrogen (secondary N) is 2. The lowest BCUT2D eigenvalue weighted by Gasteiger charge is -2.26. The van der Waals surface area contributed by atoms with Gasteiger partial charge in [0.1, 0.15) is 11.8 Å². The van der Waals surface area contributed by atoms with Gasteiger partial charge in [-0.15, -0.1) is 0 Å². The van der Waals surface area contributed by atoms with Gasteiger partial charge in [-0.3, -0.25) is 14.5 Å². The largest absolute Gasteiger partial charge is 0.497 e.